The highest BCUT2D eigenvalue weighted by atomic mass is 16.2. The van der Waals surface area contributed by atoms with Crippen LogP contribution in [0.3, 0.4) is 0 Å². The van der Waals surface area contributed by atoms with Gasteiger partial charge in [-0.2, -0.15) is 0 Å². The highest BCUT2D eigenvalue weighted by Crippen LogP contribution is 2.20. The maximum absolute atomic E-state index is 12.2. The van der Waals surface area contributed by atoms with Crippen LogP contribution in [0, 0.1) is 0 Å². The fraction of sp³-hybridized carbons (Fsp3) is 0.929. The van der Waals surface area contributed by atoms with Crippen LogP contribution in [0.5, 0.6) is 0 Å². The van der Waals surface area contributed by atoms with E-state index >= 15 is 0 Å². The molecule has 3 unspecified atom stereocenters. The van der Waals surface area contributed by atoms with E-state index in [9.17, 15) is 4.79 Å². The molecule has 2 rings (SSSR count). The molecule has 3 atom stereocenters. The highest BCUT2D eigenvalue weighted by molar-refractivity contribution is 5.81. The first-order valence-electron chi connectivity index (χ1n) is 7.45. The Kier molecular flexibility index (Phi) is 4.62. The van der Waals surface area contributed by atoms with Gasteiger partial charge in [0.15, 0.2) is 0 Å². The van der Waals surface area contributed by atoms with Gasteiger partial charge in [0.2, 0.25) is 5.91 Å². The van der Waals surface area contributed by atoms with Crippen molar-refractivity contribution < 1.29 is 4.79 Å². The van der Waals surface area contributed by atoms with E-state index in [1.54, 1.807) is 0 Å². The number of hydrogen-bond acceptors (Lipinski definition) is 3. The van der Waals surface area contributed by atoms with Crippen molar-refractivity contribution in [2.45, 2.75) is 70.6 Å². The molecule has 1 amide bonds. The normalized spacial score (nSPS) is 31.1. The lowest BCUT2D eigenvalue weighted by molar-refractivity contribution is -0.127. The van der Waals surface area contributed by atoms with Gasteiger partial charge in [0.05, 0.1) is 6.04 Å². The average molecular weight is 253 g/mol. The maximum Gasteiger partial charge on any atom is 0.237 e. The minimum atomic E-state index is 0.00620. The summed E-state index contributed by atoms with van der Waals surface area (Å²) in [5.41, 5.74) is 0. The van der Waals surface area contributed by atoms with Crippen LogP contribution >= 0.6 is 0 Å². The van der Waals surface area contributed by atoms with Gasteiger partial charge >= 0.3 is 0 Å². The maximum atomic E-state index is 12.2. The number of amides is 1. The standard InChI is InChI=1S/C14H27N3O/c1-4-11-9-17(13(5-2)8-15-11)10(3)14(18)16-12-6-7-12/h10-13,15H,4-9H2,1-3H3,(H,16,18). The van der Waals surface area contributed by atoms with Gasteiger partial charge in [0.25, 0.3) is 0 Å². The SMILES string of the molecule is CCC1CN(C(C)C(=O)NC2CC2)C(CC)CN1. The third-order valence-electron chi connectivity index (χ3n) is 4.31. The fourth-order valence-corrected chi connectivity index (χ4v) is 2.71. The molecule has 2 N–H and O–H groups in total. The van der Waals surface area contributed by atoms with Crippen LogP contribution in [0.25, 0.3) is 0 Å². The van der Waals surface area contributed by atoms with Gasteiger partial charge < -0.3 is 10.6 Å². The molecule has 0 bridgehead atoms. The summed E-state index contributed by atoms with van der Waals surface area (Å²) in [6, 6.07) is 1.49. The Hall–Kier alpha value is -0.610. The molecule has 1 saturated heterocycles. The number of hydrogen-bond donors (Lipinski definition) is 2. The summed E-state index contributed by atoms with van der Waals surface area (Å²) < 4.78 is 0. The van der Waals surface area contributed by atoms with E-state index in [1.165, 1.54) is 0 Å². The van der Waals surface area contributed by atoms with Crippen LogP contribution in [0.4, 0.5) is 0 Å². The number of nitrogens with one attached hydrogen (secondary N) is 2. The summed E-state index contributed by atoms with van der Waals surface area (Å²) in [6.07, 6.45) is 4.55. The van der Waals surface area contributed by atoms with Crippen LogP contribution in [0.15, 0.2) is 0 Å². The first-order chi connectivity index (χ1) is 8.65. The molecule has 0 aromatic rings. The predicted molar refractivity (Wildman–Crippen MR) is 73.5 cm³/mol. The second kappa shape index (κ2) is 6.02. The smallest absolute Gasteiger partial charge is 0.237 e. The number of rotatable bonds is 5. The summed E-state index contributed by atoms with van der Waals surface area (Å²) in [5.74, 6) is 0.215. The molecule has 0 aromatic heterocycles. The lowest BCUT2D eigenvalue weighted by Gasteiger charge is -2.42. The van der Waals surface area contributed by atoms with Crippen molar-refractivity contribution in [2.24, 2.45) is 0 Å². The number of piperazine rings is 1. The van der Waals surface area contributed by atoms with Gasteiger partial charge in [-0.25, -0.2) is 0 Å². The highest BCUT2D eigenvalue weighted by Gasteiger charge is 2.34. The summed E-state index contributed by atoms with van der Waals surface area (Å²) >= 11 is 0. The van der Waals surface area contributed by atoms with Crippen molar-refractivity contribution in [3.63, 3.8) is 0 Å². The first kappa shape index (κ1) is 13.8. The molecular weight excluding hydrogens is 226 g/mol. The Bertz CT molecular complexity index is 291. The van der Waals surface area contributed by atoms with Gasteiger partial charge in [0, 0.05) is 31.2 Å². The molecule has 0 radical (unpaired) electrons. The van der Waals surface area contributed by atoms with Crippen LogP contribution < -0.4 is 10.6 Å². The topological polar surface area (TPSA) is 44.4 Å². The van der Waals surface area contributed by atoms with E-state index in [0.29, 0.717) is 18.1 Å². The van der Waals surface area contributed by atoms with E-state index in [0.717, 1.165) is 38.8 Å². The van der Waals surface area contributed by atoms with E-state index < -0.39 is 0 Å². The third-order valence-corrected chi connectivity index (χ3v) is 4.31. The number of carbonyl (C=O) groups excluding carboxylic acids is 1. The van der Waals surface area contributed by atoms with Gasteiger partial charge in [-0.3, -0.25) is 9.69 Å². The van der Waals surface area contributed by atoms with Gasteiger partial charge in [-0.05, 0) is 32.6 Å². The zero-order chi connectivity index (χ0) is 13.1. The van der Waals surface area contributed by atoms with E-state index in [1.807, 2.05) is 0 Å². The molecule has 0 spiro atoms. The summed E-state index contributed by atoms with van der Waals surface area (Å²) in [7, 11) is 0. The van der Waals surface area contributed by atoms with Crippen LogP contribution in [-0.2, 0) is 4.79 Å². The summed E-state index contributed by atoms with van der Waals surface area (Å²) in [4.78, 5) is 14.6. The second-order valence-electron chi connectivity index (χ2n) is 5.73. The molecule has 1 aliphatic carbocycles. The van der Waals surface area contributed by atoms with Gasteiger partial charge in [0.1, 0.15) is 0 Å². The Morgan fingerprint density at radius 2 is 2.11 bits per heavy atom. The summed E-state index contributed by atoms with van der Waals surface area (Å²) in [5, 5.41) is 6.70. The van der Waals surface area contributed by atoms with Crippen LogP contribution in [-0.4, -0.2) is 48.1 Å². The second-order valence-corrected chi connectivity index (χ2v) is 5.73. The van der Waals surface area contributed by atoms with Crippen molar-refractivity contribution >= 4 is 5.91 Å². The molecule has 1 saturated carbocycles. The monoisotopic (exact) mass is 253 g/mol. The van der Waals surface area contributed by atoms with Gasteiger partial charge in [-0.1, -0.05) is 13.8 Å². The first-order valence-corrected chi connectivity index (χ1v) is 7.45. The molecule has 1 aliphatic heterocycles. The average Bonchev–Trinajstić information content (AvgIpc) is 3.20. The molecule has 104 valence electrons. The Morgan fingerprint density at radius 1 is 1.39 bits per heavy atom. The Balaban J connectivity index is 1.94. The molecule has 2 fully saturated rings. The lowest BCUT2D eigenvalue weighted by Crippen LogP contribution is -2.61. The Morgan fingerprint density at radius 3 is 2.67 bits per heavy atom. The Labute approximate surface area is 110 Å². The lowest BCUT2D eigenvalue weighted by atomic mass is 10.0. The van der Waals surface area contributed by atoms with Crippen LogP contribution in [0.2, 0.25) is 0 Å². The molecule has 4 nitrogen and oxygen atoms in total. The van der Waals surface area contributed by atoms with Crippen molar-refractivity contribution in [3.8, 4) is 0 Å². The molecular formula is C14H27N3O. The minimum absolute atomic E-state index is 0.00620. The van der Waals surface area contributed by atoms with Crippen molar-refractivity contribution in [1.82, 2.24) is 15.5 Å². The zero-order valence-corrected chi connectivity index (χ0v) is 11.9. The number of carbonyl (C=O) groups is 1. The summed E-state index contributed by atoms with van der Waals surface area (Å²) in [6.45, 7) is 8.47. The molecule has 18 heavy (non-hydrogen) atoms. The molecule has 0 aromatic carbocycles. The van der Waals surface area contributed by atoms with E-state index in [4.69, 9.17) is 0 Å². The van der Waals surface area contributed by atoms with Crippen LogP contribution in [0.1, 0.15) is 46.5 Å². The third kappa shape index (κ3) is 3.23. The fourth-order valence-electron chi connectivity index (χ4n) is 2.71. The van der Waals surface area contributed by atoms with Crippen molar-refractivity contribution in [1.29, 1.82) is 0 Å². The van der Waals surface area contributed by atoms with Crippen molar-refractivity contribution in [3.05, 3.63) is 0 Å². The predicted octanol–water partition coefficient (Wildman–Crippen LogP) is 1.12. The zero-order valence-electron chi connectivity index (χ0n) is 11.9. The van der Waals surface area contributed by atoms with Crippen molar-refractivity contribution in [2.75, 3.05) is 13.1 Å². The minimum Gasteiger partial charge on any atom is -0.352 e. The molecule has 1 heterocycles. The number of nitrogens with zero attached hydrogens (tertiary/aromatic N) is 1. The van der Waals surface area contributed by atoms with E-state index in [2.05, 4.69) is 36.3 Å². The molecule has 4 heteroatoms. The largest absolute Gasteiger partial charge is 0.352 e. The van der Waals surface area contributed by atoms with E-state index in [-0.39, 0.29) is 11.9 Å². The molecule has 2 aliphatic rings. The quantitative estimate of drug-likeness (QED) is 0.771. The van der Waals surface area contributed by atoms with Gasteiger partial charge in [-0.15, -0.1) is 0 Å².